The van der Waals surface area contributed by atoms with E-state index in [1.54, 1.807) is 0 Å². The standard InChI is InChI=1S/C21H16N2O9S2/c24-11-23(15-2-4-19-13(6-15)8-17(10-21(19)26)34(30,31)32)22-14-1-3-18-12(5-14)7-16(9-20(18)25)33(27,28)29/h1-11,22,25-26H,(H,27,28,29)(H,30,31,32). The van der Waals surface area contributed by atoms with Gasteiger partial charge in [0.05, 0.1) is 21.2 Å². The molecule has 0 aliphatic heterocycles. The summed E-state index contributed by atoms with van der Waals surface area (Å²) in [6.45, 7) is 0. The number of rotatable bonds is 6. The van der Waals surface area contributed by atoms with Crippen LogP contribution in [0.4, 0.5) is 11.4 Å². The van der Waals surface area contributed by atoms with Crippen LogP contribution in [-0.2, 0) is 25.0 Å². The van der Waals surface area contributed by atoms with Crippen LogP contribution in [0.1, 0.15) is 0 Å². The molecule has 0 aromatic heterocycles. The molecule has 0 aliphatic carbocycles. The average molecular weight is 504 g/mol. The topological polar surface area (TPSA) is 182 Å². The largest absolute Gasteiger partial charge is 0.507 e. The van der Waals surface area contributed by atoms with E-state index in [2.05, 4.69) is 5.43 Å². The highest BCUT2D eigenvalue weighted by Gasteiger charge is 2.16. The van der Waals surface area contributed by atoms with Gasteiger partial charge in [-0.2, -0.15) is 16.8 Å². The number of hydrazine groups is 1. The van der Waals surface area contributed by atoms with E-state index >= 15 is 0 Å². The van der Waals surface area contributed by atoms with Crippen molar-refractivity contribution in [3.05, 3.63) is 60.7 Å². The van der Waals surface area contributed by atoms with Crippen molar-refractivity contribution in [1.82, 2.24) is 0 Å². The van der Waals surface area contributed by atoms with Crippen molar-refractivity contribution < 1.29 is 40.9 Å². The number of aromatic hydroxyl groups is 2. The van der Waals surface area contributed by atoms with Crippen molar-refractivity contribution in [2.24, 2.45) is 0 Å². The first-order valence-corrected chi connectivity index (χ1v) is 12.2. The molecule has 11 nitrogen and oxygen atoms in total. The Morgan fingerprint density at radius 3 is 1.71 bits per heavy atom. The van der Waals surface area contributed by atoms with Gasteiger partial charge in [-0.1, -0.05) is 0 Å². The third-order valence-corrected chi connectivity index (χ3v) is 6.68. The minimum absolute atomic E-state index is 0.222. The molecule has 0 spiro atoms. The van der Waals surface area contributed by atoms with E-state index in [1.807, 2.05) is 0 Å². The number of phenols is 2. The summed E-state index contributed by atoms with van der Waals surface area (Å²) >= 11 is 0. The number of fused-ring (bicyclic) bond motifs is 2. The second-order valence-corrected chi connectivity index (χ2v) is 10.1. The molecule has 13 heteroatoms. The maximum Gasteiger partial charge on any atom is 0.294 e. The van der Waals surface area contributed by atoms with Gasteiger partial charge in [0, 0.05) is 22.9 Å². The smallest absolute Gasteiger partial charge is 0.294 e. The average Bonchev–Trinajstić information content (AvgIpc) is 2.75. The molecule has 4 aromatic carbocycles. The predicted octanol–water partition coefficient (Wildman–Crippen LogP) is 2.89. The van der Waals surface area contributed by atoms with Gasteiger partial charge in [-0.3, -0.25) is 19.3 Å². The Kier molecular flexibility index (Phi) is 5.57. The van der Waals surface area contributed by atoms with Gasteiger partial charge in [0.15, 0.2) is 0 Å². The highest BCUT2D eigenvalue weighted by molar-refractivity contribution is 7.86. The maximum absolute atomic E-state index is 11.8. The van der Waals surface area contributed by atoms with Crippen LogP contribution in [0.5, 0.6) is 11.5 Å². The number of phenolic OH excluding ortho intramolecular Hbond substituents is 2. The van der Waals surface area contributed by atoms with Gasteiger partial charge in [-0.25, -0.2) is 5.01 Å². The number of carbonyl (C=O) groups is 1. The van der Waals surface area contributed by atoms with Gasteiger partial charge >= 0.3 is 0 Å². The zero-order chi connectivity index (χ0) is 24.8. The number of amides is 1. The van der Waals surface area contributed by atoms with E-state index in [4.69, 9.17) is 0 Å². The highest BCUT2D eigenvalue weighted by atomic mass is 32.2. The van der Waals surface area contributed by atoms with Crippen molar-refractivity contribution in [3.8, 4) is 11.5 Å². The first-order valence-electron chi connectivity index (χ1n) is 9.36. The van der Waals surface area contributed by atoms with Crippen molar-refractivity contribution in [1.29, 1.82) is 0 Å². The van der Waals surface area contributed by atoms with Crippen LogP contribution >= 0.6 is 0 Å². The van der Waals surface area contributed by atoms with E-state index in [0.717, 1.165) is 29.3 Å². The fraction of sp³-hybridized carbons (Fsp3) is 0. The third kappa shape index (κ3) is 4.45. The lowest BCUT2D eigenvalue weighted by molar-refractivity contribution is -0.107. The highest BCUT2D eigenvalue weighted by Crippen LogP contribution is 2.33. The fourth-order valence-corrected chi connectivity index (χ4v) is 4.51. The van der Waals surface area contributed by atoms with Crippen LogP contribution in [-0.4, -0.2) is 42.6 Å². The van der Waals surface area contributed by atoms with Gasteiger partial charge < -0.3 is 10.2 Å². The van der Waals surface area contributed by atoms with Crippen molar-refractivity contribution in [2.75, 3.05) is 10.4 Å². The van der Waals surface area contributed by atoms with E-state index < -0.39 is 30.0 Å². The molecule has 0 aliphatic rings. The predicted molar refractivity (Wildman–Crippen MR) is 123 cm³/mol. The zero-order valence-electron chi connectivity index (χ0n) is 16.9. The van der Waals surface area contributed by atoms with Crippen molar-refractivity contribution in [2.45, 2.75) is 9.79 Å². The molecule has 4 aromatic rings. The Balaban J connectivity index is 1.75. The van der Waals surface area contributed by atoms with E-state index in [0.29, 0.717) is 17.5 Å². The van der Waals surface area contributed by atoms with Crippen LogP contribution in [0.15, 0.2) is 70.5 Å². The van der Waals surface area contributed by atoms with Crippen molar-refractivity contribution in [3.63, 3.8) is 0 Å². The molecule has 0 atom stereocenters. The van der Waals surface area contributed by atoms with E-state index in [-0.39, 0.29) is 33.3 Å². The first kappa shape index (κ1) is 23.3. The first-order chi connectivity index (χ1) is 15.9. The van der Waals surface area contributed by atoms with Gasteiger partial charge in [0.2, 0.25) is 6.41 Å². The molecule has 0 radical (unpaired) electrons. The molecule has 1 amide bonds. The summed E-state index contributed by atoms with van der Waals surface area (Å²) < 4.78 is 64.3. The molecule has 176 valence electrons. The quantitative estimate of drug-likeness (QED) is 0.149. The number of hydrogen-bond donors (Lipinski definition) is 5. The van der Waals surface area contributed by atoms with Gasteiger partial charge in [-0.05, 0) is 59.3 Å². The Bertz CT molecular complexity index is 1680. The number of carbonyl (C=O) groups excluding carboxylic acids is 1. The summed E-state index contributed by atoms with van der Waals surface area (Å²) in [5, 5.41) is 22.2. The summed E-state index contributed by atoms with van der Waals surface area (Å²) in [5.41, 5.74) is 3.33. The fourth-order valence-electron chi connectivity index (χ4n) is 3.44. The molecule has 5 N–H and O–H groups in total. The van der Waals surface area contributed by atoms with Gasteiger partial charge in [-0.15, -0.1) is 0 Å². The Morgan fingerprint density at radius 1 is 0.706 bits per heavy atom. The third-order valence-electron chi connectivity index (χ3n) is 5.02. The van der Waals surface area contributed by atoms with Crippen LogP contribution in [0.3, 0.4) is 0 Å². The van der Waals surface area contributed by atoms with Gasteiger partial charge in [0.25, 0.3) is 20.2 Å². The second-order valence-electron chi connectivity index (χ2n) is 7.26. The van der Waals surface area contributed by atoms with Crippen molar-refractivity contribution >= 4 is 59.6 Å². The summed E-state index contributed by atoms with van der Waals surface area (Å²) in [6.07, 6.45) is 0.421. The molecule has 0 heterocycles. The maximum atomic E-state index is 11.8. The molecule has 0 saturated carbocycles. The lowest BCUT2D eigenvalue weighted by atomic mass is 10.1. The lowest BCUT2D eigenvalue weighted by Gasteiger charge is -2.21. The van der Waals surface area contributed by atoms with Crippen LogP contribution in [0.2, 0.25) is 0 Å². The van der Waals surface area contributed by atoms with E-state index in [9.17, 15) is 40.9 Å². The monoisotopic (exact) mass is 504 g/mol. The molecule has 0 unspecified atom stereocenters. The number of benzene rings is 4. The number of hydrogen-bond acceptors (Lipinski definition) is 8. The number of anilines is 2. The number of nitrogens with one attached hydrogen (secondary N) is 1. The Morgan fingerprint density at radius 2 is 1.21 bits per heavy atom. The Hall–Kier alpha value is -3.91. The van der Waals surface area contributed by atoms with Crippen LogP contribution in [0.25, 0.3) is 21.5 Å². The van der Waals surface area contributed by atoms with E-state index in [1.165, 1.54) is 36.4 Å². The van der Waals surface area contributed by atoms with Crippen LogP contribution < -0.4 is 10.4 Å². The van der Waals surface area contributed by atoms with Gasteiger partial charge in [0.1, 0.15) is 11.5 Å². The number of nitrogens with zero attached hydrogens (tertiary/aromatic N) is 1. The minimum atomic E-state index is -4.58. The molecular formula is C21H16N2O9S2. The summed E-state index contributed by atoms with van der Waals surface area (Å²) in [7, 11) is -9.15. The zero-order valence-corrected chi connectivity index (χ0v) is 18.6. The minimum Gasteiger partial charge on any atom is -0.507 e. The molecule has 0 saturated heterocycles. The summed E-state index contributed by atoms with van der Waals surface area (Å²) in [6, 6.07) is 12.8. The molecule has 34 heavy (non-hydrogen) atoms. The van der Waals surface area contributed by atoms with Crippen LogP contribution in [0, 0.1) is 0 Å². The SMILES string of the molecule is O=CN(Nc1ccc2c(O)cc(S(=O)(=O)O)cc2c1)c1ccc2c(O)cc(S(=O)(=O)O)cc2c1. The second kappa shape index (κ2) is 8.14. The summed E-state index contributed by atoms with van der Waals surface area (Å²) in [5.74, 6) is -0.751. The molecule has 4 rings (SSSR count). The molecule has 0 bridgehead atoms. The Labute approximate surface area is 193 Å². The lowest BCUT2D eigenvalue weighted by Crippen LogP contribution is -2.27. The molecular weight excluding hydrogens is 488 g/mol. The molecule has 0 fully saturated rings. The summed E-state index contributed by atoms with van der Waals surface area (Å²) in [4.78, 5) is 10.7. The normalized spacial score (nSPS) is 12.1.